The van der Waals surface area contributed by atoms with Crippen molar-refractivity contribution in [1.82, 2.24) is 20.4 Å². The van der Waals surface area contributed by atoms with Crippen molar-refractivity contribution in [2.45, 2.75) is 45.6 Å². The SMILES string of the molecule is CCN1CCCC1CNC(=O)c1oc2c(c1C)-c1[nH]ncc1CC2. The molecule has 1 saturated heterocycles. The Morgan fingerprint density at radius 1 is 1.50 bits per heavy atom. The molecule has 6 nitrogen and oxygen atoms in total. The molecule has 1 aliphatic heterocycles. The molecule has 6 heteroatoms. The first-order chi connectivity index (χ1) is 11.7. The van der Waals surface area contributed by atoms with E-state index in [2.05, 4.69) is 27.3 Å². The summed E-state index contributed by atoms with van der Waals surface area (Å²) in [5.41, 5.74) is 4.13. The zero-order chi connectivity index (χ0) is 16.7. The molecule has 1 fully saturated rings. The summed E-state index contributed by atoms with van der Waals surface area (Å²) < 4.78 is 5.92. The van der Waals surface area contributed by atoms with Gasteiger partial charge in [0.15, 0.2) is 5.76 Å². The standard InChI is InChI=1S/C18H24N4O2/c1-3-22-8-4-5-13(22)10-19-18(23)17-11(2)15-14(24-17)7-6-12-9-20-21-16(12)15/h9,13H,3-8,10H2,1-2H3,(H,19,23)(H,20,21). The second kappa shape index (κ2) is 6.09. The quantitative estimate of drug-likeness (QED) is 0.903. The van der Waals surface area contributed by atoms with Gasteiger partial charge in [-0.25, -0.2) is 0 Å². The molecule has 1 amide bonds. The third-order valence-corrected chi connectivity index (χ3v) is 5.42. The van der Waals surface area contributed by atoms with Crippen LogP contribution in [0.2, 0.25) is 0 Å². The van der Waals surface area contributed by atoms with Crippen molar-refractivity contribution in [3.05, 3.63) is 28.8 Å². The number of aromatic amines is 1. The number of fused-ring (bicyclic) bond motifs is 3. The molecule has 128 valence electrons. The van der Waals surface area contributed by atoms with Gasteiger partial charge in [-0.15, -0.1) is 0 Å². The second-order valence-corrected chi connectivity index (χ2v) is 6.76. The molecule has 2 aromatic heterocycles. The minimum atomic E-state index is -0.106. The molecule has 2 aromatic rings. The minimum absolute atomic E-state index is 0.106. The highest BCUT2D eigenvalue weighted by molar-refractivity contribution is 5.95. The molecule has 24 heavy (non-hydrogen) atoms. The molecule has 2 aliphatic rings. The van der Waals surface area contributed by atoms with E-state index in [9.17, 15) is 4.79 Å². The lowest BCUT2D eigenvalue weighted by Gasteiger charge is -2.22. The first-order valence-corrected chi connectivity index (χ1v) is 8.86. The summed E-state index contributed by atoms with van der Waals surface area (Å²) in [6.45, 7) is 6.99. The van der Waals surface area contributed by atoms with Crippen LogP contribution in [0.4, 0.5) is 0 Å². The number of carbonyl (C=O) groups excluding carboxylic acids is 1. The summed E-state index contributed by atoms with van der Waals surface area (Å²) in [6, 6.07) is 0.447. The van der Waals surface area contributed by atoms with Gasteiger partial charge in [0, 0.05) is 30.1 Å². The average Bonchev–Trinajstić information content (AvgIpc) is 3.30. The van der Waals surface area contributed by atoms with Crippen molar-refractivity contribution in [1.29, 1.82) is 0 Å². The van der Waals surface area contributed by atoms with Crippen LogP contribution in [0.5, 0.6) is 0 Å². The fraction of sp³-hybridized carbons (Fsp3) is 0.556. The maximum atomic E-state index is 12.6. The summed E-state index contributed by atoms with van der Waals surface area (Å²) >= 11 is 0. The van der Waals surface area contributed by atoms with E-state index in [1.165, 1.54) is 12.0 Å². The Morgan fingerprint density at radius 2 is 2.38 bits per heavy atom. The van der Waals surface area contributed by atoms with Crippen LogP contribution in [-0.2, 0) is 12.8 Å². The van der Waals surface area contributed by atoms with Crippen molar-refractivity contribution >= 4 is 5.91 Å². The van der Waals surface area contributed by atoms with E-state index in [0.717, 1.165) is 54.9 Å². The second-order valence-electron chi connectivity index (χ2n) is 6.76. The molecule has 0 aromatic carbocycles. The number of nitrogens with zero attached hydrogens (tertiary/aromatic N) is 2. The molecule has 1 atom stereocenters. The summed E-state index contributed by atoms with van der Waals surface area (Å²) in [5, 5.41) is 10.3. The number of H-pyrrole nitrogens is 1. The Hall–Kier alpha value is -2.08. The number of likely N-dealkylation sites (tertiary alicyclic amines) is 1. The van der Waals surface area contributed by atoms with Crippen molar-refractivity contribution in [3.8, 4) is 11.3 Å². The number of amides is 1. The van der Waals surface area contributed by atoms with E-state index >= 15 is 0 Å². The summed E-state index contributed by atoms with van der Waals surface area (Å²) in [6.07, 6.45) is 5.96. The first kappa shape index (κ1) is 15.4. The van der Waals surface area contributed by atoms with E-state index in [1.54, 1.807) is 0 Å². The number of nitrogens with one attached hydrogen (secondary N) is 2. The average molecular weight is 328 g/mol. The lowest BCUT2D eigenvalue weighted by molar-refractivity contribution is 0.0911. The van der Waals surface area contributed by atoms with Crippen LogP contribution < -0.4 is 5.32 Å². The molecule has 0 radical (unpaired) electrons. The predicted octanol–water partition coefficient (Wildman–Crippen LogP) is 2.29. The van der Waals surface area contributed by atoms with Gasteiger partial charge in [-0.1, -0.05) is 6.92 Å². The van der Waals surface area contributed by atoms with E-state index < -0.39 is 0 Å². The molecule has 0 saturated carbocycles. The fourth-order valence-corrected chi connectivity index (χ4v) is 4.09. The van der Waals surface area contributed by atoms with Crippen LogP contribution in [0.25, 0.3) is 11.3 Å². The van der Waals surface area contributed by atoms with Crippen LogP contribution in [0.15, 0.2) is 10.6 Å². The number of carbonyl (C=O) groups is 1. The number of aromatic nitrogens is 2. The van der Waals surface area contributed by atoms with Gasteiger partial charge >= 0.3 is 0 Å². The Kier molecular flexibility index (Phi) is 3.92. The zero-order valence-corrected chi connectivity index (χ0v) is 14.3. The predicted molar refractivity (Wildman–Crippen MR) is 91.0 cm³/mol. The fourth-order valence-electron chi connectivity index (χ4n) is 4.09. The Bertz CT molecular complexity index is 761. The highest BCUT2D eigenvalue weighted by Crippen LogP contribution is 2.37. The molecule has 0 spiro atoms. The maximum absolute atomic E-state index is 12.6. The van der Waals surface area contributed by atoms with E-state index in [0.29, 0.717) is 18.3 Å². The molecule has 2 N–H and O–H groups in total. The van der Waals surface area contributed by atoms with Crippen LogP contribution in [0, 0.1) is 6.92 Å². The number of rotatable bonds is 4. The van der Waals surface area contributed by atoms with Gasteiger partial charge in [0.25, 0.3) is 5.91 Å². The highest BCUT2D eigenvalue weighted by Gasteiger charge is 2.29. The normalized spacial score (nSPS) is 20.0. The van der Waals surface area contributed by atoms with Gasteiger partial charge in [-0.3, -0.25) is 14.8 Å². The smallest absolute Gasteiger partial charge is 0.287 e. The molecule has 4 rings (SSSR count). The molecule has 1 unspecified atom stereocenters. The molecule has 3 heterocycles. The number of aryl methyl sites for hydroxylation is 2. The van der Waals surface area contributed by atoms with Crippen molar-refractivity contribution < 1.29 is 9.21 Å². The summed E-state index contributed by atoms with van der Waals surface area (Å²) in [7, 11) is 0. The number of hydrogen-bond acceptors (Lipinski definition) is 4. The number of furan rings is 1. The Balaban J connectivity index is 1.52. The lowest BCUT2D eigenvalue weighted by Crippen LogP contribution is -2.40. The third-order valence-electron chi connectivity index (χ3n) is 5.42. The van der Waals surface area contributed by atoms with Crippen LogP contribution in [-0.4, -0.2) is 46.7 Å². The Morgan fingerprint density at radius 3 is 3.21 bits per heavy atom. The third kappa shape index (κ3) is 2.45. The van der Waals surface area contributed by atoms with Gasteiger partial charge in [-0.05, 0) is 44.8 Å². The van der Waals surface area contributed by atoms with Crippen molar-refractivity contribution in [2.75, 3.05) is 19.6 Å². The van der Waals surface area contributed by atoms with Gasteiger partial charge in [0.2, 0.25) is 0 Å². The summed E-state index contributed by atoms with van der Waals surface area (Å²) in [5.74, 6) is 1.24. The van der Waals surface area contributed by atoms with Gasteiger partial charge in [-0.2, -0.15) is 5.10 Å². The minimum Gasteiger partial charge on any atom is -0.455 e. The van der Waals surface area contributed by atoms with Gasteiger partial charge in [0.05, 0.1) is 11.9 Å². The highest BCUT2D eigenvalue weighted by atomic mass is 16.4. The van der Waals surface area contributed by atoms with Crippen molar-refractivity contribution in [3.63, 3.8) is 0 Å². The van der Waals surface area contributed by atoms with Gasteiger partial charge in [0.1, 0.15) is 5.76 Å². The topological polar surface area (TPSA) is 74.2 Å². The van der Waals surface area contributed by atoms with E-state index in [-0.39, 0.29) is 5.91 Å². The molecular formula is C18H24N4O2. The largest absolute Gasteiger partial charge is 0.455 e. The number of likely N-dealkylation sites (N-methyl/N-ethyl adjacent to an activating group) is 1. The first-order valence-electron chi connectivity index (χ1n) is 8.86. The van der Waals surface area contributed by atoms with Crippen molar-refractivity contribution in [2.24, 2.45) is 0 Å². The van der Waals surface area contributed by atoms with Crippen LogP contribution >= 0.6 is 0 Å². The molecule has 1 aliphatic carbocycles. The molecule has 0 bridgehead atoms. The zero-order valence-electron chi connectivity index (χ0n) is 14.3. The monoisotopic (exact) mass is 328 g/mol. The van der Waals surface area contributed by atoms with E-state index in [4.69, 9.17) is 4.42 Å². The lowest BCUT2D eigenvalue weighted by atomic mass is 9.93. The molecular weight excluding hydrogens is 304 g/mol. The van der Waals surface area contributed by atoms with Gasteiger partial charge < -0.3 is 9.73 Å². The maximum Gasteiger partial charge on any atom is 0.287 e. The summed E-state index contributed by atoms with van der Waals surface area (Å²) in [4.78, 5) is 15.1. The Labute approximate surface area is 141 Å². The van der Waals surface area contributed by atoms with Crippen LogP contribution in [0.1, 0.15) is 47.2 Å². The van der Waals surface area contributed by atoms with Crippen LogP contribution in [0.3, 0.4) is 0 Å². The van der Waals surface area contributed by atoms with E-state index in [1.807, 2.05) is 13.1 Å². The number of hydrogen-bond donors (Lipinski definition) is 2.